The van der Waals surface area contributed by atoms with Crippen LogP contribution in [0.1, 0.15) is 15.9 Å². The molecule has 88 valence electrons. The molecule has 0 aliphatic carbocycles. The second kappa shape index (κ2) is 4.42. The number of rotatable bonds is 1. The largest absolute Gasteiger partial charge is 0.352 e. The zero-order chi connectivity index (χ0) is 12.5. The second-order valence-corrected chi connectivity index (χ2v) is 5.02. The zero-order valence-electron chi connectivity index (χ0n) is 9.48. The average Bonchev–Trinajstić information content (AvgIpc) is 2.70. The van der Waals surface area contributed by atoms with Crippen molar-refractivity contribution in [2.75, 3.05) is 5.32 Å². The van der Waals surface area contributed by atoms with E-state index in [2.05, 4.69) is 21.2 Å². The average molecular weight is 300 g/mol. The molecule has 18 heavy (non-hydrogen) atoms. The third-order valence-corrected chi connectivity index (χ3v) is 3.40. The van der Waals surface area contributed by atoms with Crippen LogP contribution in [0.25, 0.3) is 6.08 Å². The van der Waals surface area contributed by atoms with Crippen molar-refractivity contribution in [2.45, 2.75) is 0 Å². The van der Waals surface area contributed by atoms with Gasteiger partial charge in [0.1, 0.15) is 0 Å². The number of benzene rings is 2. The summed E-state index contributed by atoms with van der Waals surface area (Å²) in [4.78, 5) is 12.1. The standard InChI is InChI=1S/C15H10BrNO/c16-11-7-5-10(6-8-11)9-14-15(18)12-3-1-2-4-13(12)17-14/h1-9,17H. The quantitative estimate of drug-likeness (QED) is 0.803. The van der Waals surface area contributed by atoms with Crippen molar-refractivity contribution in [1.29, 1.82) is 0 Å². The third-order valence-electron chi connectivity index (χ3n) is 2.87. The monoisotopic (exact) mass is 299 g/mol. The van der Waals surface area contributed by atoms with Crippen LogP contribution in [-0.2, 0) is 0 Å². The Morgan fingerprint density at radius 1 is 1.00 bits per heavy atom. The molecule has 0 fully saturated rings. The molecular formula is C15H10BrNO. The molecule has 1 aliphatic heterocycles. The van der Waals surface area contributed by atoms with E-state index in [1.165, 1.54) is 0 Å². The summed E-state index contributed by atoms with van der Waals surface area (Å²) in [6, 6.07) is 15.4. The first-order valence-corrected chi connectivity index (χ1v) is 6.41. The fourth-order valence-corrected chi connectivity index (χ4v) is 2.23. The number of para-hydroxylation sites is 1. The summed E-state index contributed by atoms with van der Waals surface area (Å²) in [6.45, 7) is 0. The lowest BCUT2D eigenvalue weighted by Crippen LogP contribution is -1.99. The molecule has 0 unspecified atom stereocenters. The predicted molar refractivity (Wildman–Crippen MR) is 76.5 cm³/mol. The summed E-state index contributed by atoms with van der Waals surface area (Å²) in [5.74, 6) is 0.0496. The number of nitrogens with one attached hydrogen (secondary N) is 1. The van der Waals surface area contributed by atoms with E-state index in [0.29, 0.717) is 5.70 Å². The summed E-state index contributed by atoms with van der Waals surface area (Å²) in [5, 5.41) is 3.15. The molecule has 0 aromatic heterocycles. The van der Waals surface area contributed by atoms with Crippen molar-refractivity contribution >= 4 is 33.5 Å². The number of carbonyl (C=O) groups excluding carboxylic acids is 1. The SMILES string of the molecule is O=C1C(=Cc2ccc(Br)cc2)Nc2ccccc21. The van der Waals surface area contributed by atoms with Crippen LogP contribution >= 0.6 is 15.9 Å². The van der Waals surface area contributed by atoms with Gasteiger partial charge in [-0.1, -0.05) is 40.2 Å². The van der Waals surface area contributed by atoms with Crippen LogP contribution in [0, 0.1) is 0 Å². The van der Waals surface area contributed by atoms with Crippen LogP contribution < -0.4 is 5.32 Å². The van der Waals surface area contributed by atoms with Gasteiger partial charge in [0.15, 0.2) is 0 Å². The molecule has 0 saturated heterocycles. The molecule has 0 bridgehead atoms. The Hall–Kier alpha value is -1.87. The molecule has 0 spiro atoms. The first kappa shape index (κ1) is 11.2. The molecule has 0 saturated carbocycles. The Labute approximate surface area is 113 Å². The first-order chi connectivity index (χ1) is 8.74. The van der Waals surface area contributed by atoms with Crippen LogP contribution in [0.2, 0.25) is 0 Å². The number of halogens is 1. The third kappa shape index (κ3) is 1.97. The van der Waals surface area contributed by atoms with E-state index >= 15 is 0 Å². The summed E-state index contributed by atoms with van der Waals surface area (Å²) in [5.41, 5.74) is 3.24. The van der Waals surface area contributed by atoms with Gasteiger partial charge in [-0.15, -0.1) is 0 Å². The smallest absolute Gasteiger partial charge is 0.211 e. The summed E-state index contributed by atoms with van der Waals surface area (Å²) in [6.07, 6.45) is 1.87. The van der Waals surface area contributed by atoms with Crippen LogP contribution in [0.15, 0.2) is 58.7 Å². The lowest BCUT2D eigenvalue weighted by Gasteiger charge is -1.99. The van der Waals surface area contributed by atoms with Gasteiger partial charge in [-0.3, -0.25) is 4.79 Å². The van der Waals surface area contributed by atoms with Crippen LogP contribution in [0.5, 0.6) is 0 Å². The molecule has 2 aromatic rings. The predicted octanol–water partition coefficient (Wildman–Crippen LogP) is 4.10. The summed E-state index contributed by atoms with van der Waals surface area (Å²) < 4.78 is 1.03. The minimum absolute atomic E-state index is 0.0496. The molecule has 3 heteroatoms. The molecule has 2 nitrogen and oxygen atoms in total. The van der Waals surface area contributed by atoms with E-state index < -0.39 is 0 Å². The van der Waals surface area contributed by atoms with Gasteiger partial charge in [0.2, 0.25) is 5.78 Å². The van der Waals surface area contributed by atoms with E-state index in [1.54, 1.807) is 0 Å². The van der Waals surface area contributed by atoms with Gasteiger partial charge < -0.3 is 5.32 Å². The molecule has 0 amide bonds. The van der Waals surface area contributed by atoms with Crippen molar-refractivity contribution in [3.8, 4) is 0 Å². The highest BCUT2D eigenvalue weighted by Crippen LogP contribution is 2.28. The van der Waals surface area contributed by atoms with Crippen molar-refractivity contribution in [2.24, 2.45) is 0 Å². The lowest BCUT2D eigenvalue weighted by molar-refractivity contribution is 0.104. The van der Waals surface area contributed by atoms with E-state index in [0.717, 1.165) is 21.3 Å². The Balaban J connectivity index is 1.97. The maximum atomic E-state index is 12.1. The lowest BCUT2D eigenvalue weighted by atomic mass is 10.1. The van der Waals surface area contributed by atoms with E-state index in [4.69, 9.17) is 0 Å². The molecule has 2 aromatic carbocycles. The van der Waals surface area contributed by atoms with Crippen LogP contribution in [0.3, 0.4) is 0 Å². The highest BCUT2D eigenvalue weighted by molar-refractivity contribution is 9.10. The summed E-state index contributed by atoms with van der Waals surface area (Å²) >= 11 is 3.39. The number of hydrogen-bond acceptors (Lipinski definition) is 2. The van der Waals surface area contributed by atoms with Crippen molar-refractivity contribution < 1.29 is 4.79 Å². The van der Waals surface area contributed by atoms with E-state index in [-0.39, 0.29) is 5.78 Å². The van der Waals surface area contributed by atoms with Gasteiger partial charge in [0, 0.05) is 15.7 Å². The molecule has 0 radical (unpaired) electrons. The van der Waals surface area contributed by atoms with Gasteiger partial charge in [-0.25, -0.2) is 0 Å². The van der Waals surface area contributed by atoms with Crippen molar-refractivity contribution in [3.63, 3.8) is 0 Å². The normalized spacial score (nSPS) is 15.6. The Kier molecular flexibility index (Phi) is 2.76. The number of allylic oxidation sites excluding steroid dienone is 1. The van der Waals surface area contributed by atoms with E-state index in [1.807, 2.05) is 54.6 Å². The fourth-order valence-electron chi connectivity index (χ4n) is 1.96. The fraction of sp³-hybridized carbons (Fsp3) is 0. The van der Waals surface area contributed by atoms with Gasteiger partial charge in [-0.2, -0.15) is 0 Å². The Morgan fingerprint density at radius 3 is 2.44 bits per heavy atom. The second-order valence-electron chi connectivity index (χ2n) is 4.11. The molecule has 0 atom stereocenters. The molecule has 1 aliphatic rings. The van der Waals surface area contributed by atoms with Crippen molar-refractivity contribution in [3.05, 3.63) is 69.8 Å². The zero-order valence-corrected chi connectivity index (χ0v) is 11.1. The minimum atomic E-state index is 0.0496. The molecule has 3 rings (SSSR count). The van der Waals surface area contributed by atoms with Crippen LogP contribution in [0.4, 0.5) is 5.69 Å². The number of hydrogen-bond donors (Lipinski definition) is 1. The van der Waals surface area contributed by atoms with Crippen molar-refractivity contribution in [1.82, 2.24) is 0 Å². The van der Waals surface area contributed by atoms with Gasteiger partial charge in [0.05, 0.1) is 5.70 Å². The number of carbonyl (C=O) groups is 1. The van der Waals surface area contributed by atoms with Crippen LogP contribution in [-0.4, -0.2) is 5.78 Å². The Bertz CT molecular complexity index is 644. The highest BCUT2D eigenvalue weighted by atomic mass is 79.9. The molecular weight excluding hydrogens is 290 g/mol. The topological polar surface area (TPSA) is 29.1 Å². The Morgan fingerprint density at radius 2 is 1.72 bits per heavy atom. The molecule has 1 N–H and O–H groups in total. The number of fused-ring (bicyclic) bond motifs is 1. The van der Waals surface area contributed by atoms with Gasteiger partial charge in [-0.05, 0) is 35.9 Å². The van der Waals surface area contributed by atoms with Gasteiger partial charge in [0.25, 0.3) is 0 Å². The summed E-state index contributed by atoms with van der Waals surface area (Å²) in [7, 11) is 0. The number of Topliss-reactive ketones (excluding diaryl/α,β-unsaturated/α-hetero) is 1. The first-order valence-electron chi connectivity index (χ1n) is 5.62. The van der Waals surface area contributed by atoms with E-state index in [9.17, 15) is 4.79 Å². The number of ketones is 1. The maximum absolute atomic E-state index is 12.1. The maximum Gasteiger partial charge on any atom is 0.211 e. The molecule has 1 heterocycles. The minimum Gasteiger partial charge on any atom is -0.352 e. The highest BCUT2D eigenvalue weighted by Gasteiger charge is 2.23. The van der Waals surface area contributed by atoms with Gasteiger partial charge >= 0.3 is 0 Å². The number of anilines is 1.